The van der Waals surface area contributed by atoms with E-state index in [4.69, 9.17) is 4.74 Å². The van der Waals surface area contributed by atoms with Gasteiger partial charge in [0.25, 0.3) is 0 Å². The van der Waals surface area contributed by atoms with Crippen LogP contribution in [0.2, 0.25) is 0 Å². The average molecular weight is 407 g/mol. The number of aromatic nitrogens is 6. The maximum Gasteiger partial charge on any atom is 0.245 e. The summed E-state index contributed by atoms with van der Waals surface area (Å²) < 4.78 is 10.3. The van der Waals surface area contributed by atoms with Crippen molar-refractivity contribution < 1.29 is 4.74 Å². The number of hydrogen-bond acceptors (Lipinski definition) is 8. The van der Waals surface area contributed by atoms with Crippen LogP contribution in [0.25, 0.3) is 21.6 Å². The molecule has 4 aromatic rings. The molecule has 5 heterocycles. The maximum absolute atomic E-state index is 6.10. The van der Waals surface area contributed by atoms with Crippen LogP contribution in [-0.2, 0) is 17.8 Å². The first kappa shape index (κ1) is 16.8. The van der Waals surface area contributed by atoms with Crippen molar-refractivity contribution in [2.45, 2.75) is 43.3 Å². The fraction of sp³-hybridized carbons (Fsp3) is 0.500. The molecule has 0 aromatic carbocycles. The molecular formula is C16H18N6OS3. The fourth-order valence-corrected chi connectivity index (χ4v) is 5.80. The molecule has 0 fully saturated rings. The highest BCUT2D eigenvalue weighted by atomic mass is 32.2. The van der Waals surface area contributed by atoms with Gasteiger partial charge in [0.1, 0.15) is 4.83 Å². The van der Waals surface area contributed by atoms with E-state index in [1.54, 1.807) is 34.9 Å². The zero-order chi connectivity index (χ0) is 18.0. The van der Waals surface area contributed by atoms with Gasteiger partial charge in [0.05, 0.1) is 18.1 Å². The van der Waals surface area contributed by atoms with Crippen LogP contribution in [0.3, 0.4) is 0 Å². The second-order valence-corrected chi connectivity index (χ2v) is 9.28. The number of nitrogens with zero attached hydrogens (tertiary/aromatic N) is 6. The molecule has 4 aromatic heterocycles. The van der Waals surface area contributed by atoms with Gasteiger partial charge in [0, 0.05) is 11.3 Å². The van der Waals surface area contributed by atoms with E-state index in [2.05, 4.69) is 38.6 Å². The van der Waals surface area contributed by atoms with Crippen LogP contribution in [0, 0.1) is 5.92 Å². The number of hydrogen-bond donors (Lipinski definition) is 0. The molecule has 10 heteroatoms. The minimum Gasteiger partial charge on any atom is -0.372 e. The van der Waals surface area contributed by atoms with Crippen LogP contribution in [0.4, 0.5) is 0 Å². The highest BCUT2D eigenvalue weighted by Gasteiger charge is 2.30. The molecule has 26 heavy (non-hydrogen) atoms. The van der Waals surface area contributed by atoms with E-state index in [0.29, 0.717) is 12.5 Å². The first-order valence-electron chi connectivity index (χ1n) is 8.40. The molecule has 5 rings (SSSR count). The quantitative estimate of drug-likeness (QED) is 0.482. The van der Waals surface area contributed by atoms with E-state index in [9.17, 15) is 0 Å². The number of thioether (sulfide) groups is 2. The van der Waals surface area contributed by atoms with Gasteiger partial charge in [-0.2, -0.15) is 0 Å². The third-order valence-corrected chi connectivity index (χ3v) is 7.34. The van der Waals surface area contributed by atoms with Crippen molar-refractivity contribution in [2.75, 3.05) is 12.5 Å². The zero-order valence-electron chi connectivity index (χ0n) is 14.9. The molecule has 7 nitrogen and oxygen atoms in total. The molecule has 0 N–H and O–H groups in total. The fourth-order valence-electron chi connectivity index (χ4n) is 3.55. The third kappa shape index (κ3) is 2.19. The summed E-state index contributed by atoms with van der Waals surface area (Å²) >= 11 is 4.94. The lowest BCUT2D eigenvalue weighted by atomic mass is 9.96. The van der Waals surface area contributed by atoms with Crippen molar-refractivity contribution in [3.63, 3.8) is 0 Å². The van der Waals surface area contributed by atoms with Gasteiger partial charge in [-0.3, -0.25) is 0 Å². The number of ether oxygens (including phenoxy) is 1. The Labute approximate surface area is 162 Å². The number of fused-ring (bicyclic) bond motifs is 8. The predicted molar refractivity (Wildman–Crippen MR) is 106 cm³/mol. The first-order chi connectivity index (χ1) is 12.6. The average Bonchev–Trinajstić information content (AvgIpc) is 3.33. The number of rotatable bonds is 3. The Balaban J connectivity index is 1.94. The van der Waals surface area contributed by atoms with E-state index in [1.165, 1.54) is 15.8 Å². The molecule has 0 saturated heterocycles. The molecule has 0 aliphatic carbocycles. The molecular weight excluding hydrogens is 388 g/mol. The summed E-state index contributed by atoms with van der Waals surface area (Å²) in [5.41, 5.74) is 2.22. The van der Waals surface area contributed by atoms with Crippen LogP contribution < -0.4 is 0 Å². The van der Waals surface area contributed by atoms with E-state index in [-0.39, 0.29) is 6.10 Å². The van der Waals surface area contributed by atoms with Gasteiger partial charge < -0.3 is 4.74 Å². The largest absolute Gasteiger partial charge is 0.372 e. The SMILES string of the molecule is CSc1nnc2c3c4c(sc3n3c(SC)nnc3n12)CO[C@@H](C(C)C)C4. The number of thiophene rings is 1. The Morgan fingerprint density at radius 3 is 2.54 bits per heavy atom. The summed E-state index contributed by atoms with van der Waals surface area (Å²) in [5.74, 6) is 1.25. The minimum absolute atomic E-state index is 0.236. The Hall–Kier alpha value is -1.36. The predicted octanol–water partition coefficient (Wildman–Crippen LogP) is 3.53. The monoisotopic (exact) mass is 406 g/mol. The van der Waals surface area contributed by atoms with Crippen molar-refractivity contribution >= 4 is 56.5 Å². The molecule has 0 spiro atoms. The summed E-state index contributed by atoms with van der Waals surface area (Å²) in [6, 6.07) is 0. The molecule has 0 amide bonds. The van der Waals surface area contributed by atoms with Crippen molar-refractivity contribution in [3.8, 4) is 0 Å². The molecule has 136 valence electrons. The Morgan fingerprint density at radius 2 is 1.81 bits per heavy atom. The van der Waals surface area contributed by atoms with Gasteiger partial charge in [0.15, 0.2) is 16.0 Å². The van der Waals surface area contributed by atoms with Gasteiger partial charge >= 0.3 is 0 Å². The van der Waals surface area contributed by atoms with Gasteiger partial charge in [-0.15, -0.1) is 31.7 Å². The summed E-state index contributed by atoms with van der Waals surface area (Å²) in [6.45, 7) is 5.09. The van der Waals surface area contributed by atoms with Crippen LogP contribution in [0.5, 0.6) is 0 Å². The van der Waals surface area contributed by atoms with Gasteiger partial charge in [-0.1, -0.05) is 37.4 Å². The molecule has 0 unspecified atom stereocenters. The summed E-state index contributed by atoms with van der Waals surface area (Å²) in [4.78, 5) is 2.42. The van der Waals surface area contributed by atoms with E-state index in [1.807, 2.05) is 16.9 Å². The van der Waals surface area contributed by atoms with Gasteiger partial charge in [-0.25, -0.2) is 8.80 Å². The van der Waals surface area contributed by atoms with Gasteiger partial charge in [-0.05, 0) is 24.0 Å². The van der Waals surface area contributed by atoms with Crippen molar-refractivity contribution in [3.05, 3.63) is 10.4 Å². The van der Waals surface area contributed by atoms with Crippen LogP contribution in [0.1, 0.15) is 24.3 Å². The lowest BCUT2D eigenvalue weighted by Gasteiger charge is -2.26. The molecule has 0 radical (unpaired) electrons. The topological polar surface area (TPSA) is 69.6 Å². The van der Waals surface area contributed by atoms with Gasteiger partial charge in [0.2, 0.25) is 5.78 Å². The van der Waals surface area contributed by atoms with E-state index < -0.39 is 0 Å². The lowest BCUT2D eigenvalue weighted by Crippen LogP contribution is -2.26. The van der Waals surface area contributed by atoms with Crippen molar-refractivity contribution in [1.82, 2.24) is 29.2 Å². The molecule has 0 bridgehead atoms. The smallest absolute Gasteiger partial charge is 0.245 e. The van der Waals surface area contributed by atoms with Crippen molar-refractivity contribution in [1.29, 1.82) is 0 Å². The minimum atomic E-state index is 0.236. The highest BCUT2D eigenvalue weighted by Crippen LogP contribution is 2.40. The molecule has 1 aliphatic rings. The summed E-state index contributed by atoms with van der Waals surface area (Å²) in [5, 5.41) is 20.6. The summed E-state index contributed by atoms with van der Waals surface area (Å²) in [7, 11) is 0. The maximum atomic E-state index is 6.10. The Bertz CT molecular complexity index is 1140. The van der Waals surface area contributed by atoms with Crippen LogP contribution in [-0.4, -0.2) is 47.8 Å². The second-order valence-electron chi connectivity index (χ2n) is 6.65. The van der Waals surface area contributed by atoms with E-state index >= 15 is 0 Å². The lowest BCUT2D eigenvalue weighted by molar-refractivity contribution is 0.00203. The molecule has 1 aliphatic heterocycles. The zero-order valence-corrected chi connectivity index (χ0v) is 17.3. The third-order valence-electron chi connectivity index (χ3n) is 4.89. The van der Waals surface area contributed by atoms with Crippen molar-refractivity contribution in [2.24, 2.45) is 5.92 Å². The first-order valence-corrected chi connectivity index (χ1v) is 11.7. The van der Waals surface area contributed by atoms with Crippen LogP contribution >= 0.6 is 34.9 Å². The molecule has 0 saturated carbocycles. The molecule has 1 atom stereocenters. The summed E-state index contributed by atoms with van der Waals surface area (Å²) in [6.07, 6.45) is 5.18. The highest BCUT2D eigenvalue weighted by molar-refractivity contribution is 7.98. The standard InChI is InChI=1S/C16H18N6OS3/c1-7(2)9-5-8-10(6-23-9)26-13-11(8)12-17-19-15(24-3)21(12)14-18-20-16(25-4)22(13)14/h7,9H,5-6H2,1-4H3/t9-/m1/s1. The second kappa shape index (κ2) is 6.08. The Kier molecular flexibility index (Phi) is 3.93. The normalized spacial score (nSPS) is 17.8. The Morgan fingerprint density at radius 1 is 1.08 bits per heavy atom. The van der Waals surface area contributed by atoms with E-state index in [0.717, 1.165) is 33.0 Å². The van der Waals surface area contributed by atoms with Crippen LogP contribution in [0.15, 0.2) is 10.3 Å².